The van der Waals surface area contributed by atoms with Crippen LogP contribution in [0.1, 0.15) is 40.4 Å². The predicted octanol–water partition coefficient (Wildman–Crippen LogP) is 1.04. The first-order chi connectivity index (χ1) is 10.4. The van der Waals surface area contributed by atoms with Gasteiger partial charge in [0.15, 0.2) is 5.78 Å². The zero-order valence-electron chi connectivity index (χ0n) is 12.5. The van der Waals surface area contributed by atoms with Gasteiger partial charge in [-0.1, -0.05) is 0 Å². The number of ether oxygens (including phenoxy) is 1. The van der Waals surface area contributed by atoms with E-state index in [0.717, 1.165) is 0 Å². The summed E-state index contributed by atoms with van der Waals surface area (Å²) >= 11 is 0. The third kappa shape index (κ3) is 2.02. The summed E-state index contributed by atoms with van der Waals surface area (Å²) < 4.78 is 5.45. The lowest BCUT2D eigenvalue weighted by Crippen LogP contribution is -2.48. The number of hydrogen-bond donors (Lipinski definition) is 4. The molecule has 22 heavy (non-hydrogen) atoms. The maximum atomic E-state index is 12.8. The molecular weight excluding hydrogens is 288 g/mol. The molecule has 0 aliphatic heterocycles. The van der Waals surface area contributed by atoms with Crippen molar-refractivity contribution < 1.29 is 30.0 Å². The Morgan fingerprint density at radius 3 is 2.55 bits per heavy atom. The van der Waals surface area contributed by atoms with Crippen LogP contribution in [0.2, 0.25) is 0 Å². The second kappa shape index (κ2) is 5.22. The van der Waals surface area contributed by atoms with Crippen molar-refractivity contribution in [2.45, 2.75) is 38.1 Å². The number of phenolic OH excluding ortho intramolecular Hbond substituents is 2. The molecule has 0 saturated heterocycles. The van der Waals surface area contributed by atoms with Gasteiger partial charge in [-0.2, -0.15) is 0 Å². The molecule has 1 fully saturated rings. The number of rotatable bonds is 1. The van der Waals surface area contributed by atoms with Gasteiger partial charge in [-0.3, -0.25) is 4.79 Å². The monoisotopic (exact) mass is 308 g/mol. The average Bonchev–Trinajstić information content (AvgIpc) is 2.45. The molecule has 3 rings (SSSR count). The van der Waals surface area contributed by atoms with E-state index in [9.17, 15) is 25.2 Å². The van der Waals surface area contributed by atoms with Crippen molar-refractivity contribution in [1.29, 1.82) is 0 Å². The third-order valence-corrected chi connectivity index (χ3v) is 4.93. The van der Waals surface area contributed by atoms with E-state index >= 15 is 0 Å². The number of fused-ring (bicyclic) bond motifs is 2. The summed E-state index contributed by atoms with van der Waals surface area (Å²) in [6, 6.07) is 1.39. The predicted molar refractivity (Wildman–Crippen MR) is 76.8 cm³/mol. The van der Waals surface area contributed by atoms with Crippen LogP contribution in [-0.2, 0) is 4.74 Å². The first-order valence-electron chi connectivity index (χ1n) is 7.35. The number of benzene rings is 1. The summed E-state index contributed by atoms with van der Waals surface area (Å²) in [7, 11) is 1.44. The molecule has 0 spiro atoms. The second-order valence-corrected chi connectivity index (χ2v) is 6.25. The van der Waals surface area contributed by atoms with E-state index in [4.69, 9.17) is 4.74 Å². The minimum absolute atomic E-state index is 0.0481. The molecule has 0 heterocycles. The van der Waals surface area contributed by atoms with Crippen LogP contribution in [0.25, 0.3) is 0 Å². The lowest BCUT2D eigenvalue weighted by Gasteiger charge is -2.44. The van der Waals surface area contributed by atoms with Crippen molar-refractivity contribution in [3.05, 3.63) is 22.8 Å². The van der Waals surface area contributed by atoms with Gasteiger partial charge in [-0.25, -0.2) is 0 Å². The van der Waals surface area contributed by atoms with Crippen molar-refractivity contribution >= 4 is 5.78 Å². The normalized spacial score (nSPS) is 34.2. The van der Waals surface area contributed by atoms with E-state index in [1.807, 2.05) is 0 Å². The number of aromatic hydroxyl groups is 2. The molecule has 0 aromatic heterocycles. The van der Waals surface area contributed by atoms with Gasteiger partial charge in [0.05, 0.1) is 23.9 Å². The fourth-order valence-corrected chi connectivity index (χ4v) is 3.94. The van der Waals surface area contributed by atoms with Crippen LogP contribution in [0, 0.1) is 18.8 Å². The first kappa shape index (κ1) is 15.3. The van der Waals surface area contributed by atoms with Crippen LogP contribution in [0.4, 0.5) is 0 Å². The highest BCUT2D eigenvalue weighted by Gasteiger charge is 2.51. The fraction of sp³-hybridized carbons (Fsp3) is 0.562. The zero-order chi connectivity index (χ0) is 16.2. The highest BCUT2D eigenvalue weighted by Crippen LogP contribution is 2.52. The Balaban J connectivity index is 2.23. The molecular formula is C16H20O6. The topological polar surface area (TPSA) is 107 Å². The van der Waals surface area contributed by atoms with Crippen molar-refractivity contribution in [1.82, 2.24) is 0 Å². The molecule has 1 saturated carbocycles. The Morgan fingerprint density at radius 2 is 1.91 bits per heavy atom. The van der Waals surface area contributed by atoms with E-state index < -0.39 is 30.1 Å². The molecule has 0 amide bonds. The molecule has 1 aromatic carbocycles. The van der Waals surface area contributed by atoms with E-state index in [-0.39, 0.29) is 41.3 Å². The minimum atomic E-state index is -0.904. The lowest BCUT2D eigenvalue weighted by molar-refractivity contribution is -0.0898. The van der Waals surface area contributed by atoms with Crippen molar-refractivity contribution in [2.75, 3.05) is 7.11 Å². The number of methoxy groups -OCH3 is 1. The Morgan fingerprint density at radius 1 is 1.23 bits per heavy atom. The molecule has 4 N–H and O–H groups in total. The van der Waals surface area contributed by atoms with E-state index in [2.05, 4.69) is 0 Å². The van der Waals surface area contributed by atoms with E-state index in [1.165, 1.54) is 13.2 Å². The number of phenols is 2. The molecule has 0 radical (unpaired) electrons. The van der Waals surface area contributed by atoms with Crippen LogP contribution in [0.3, 0.4) is 0 Å². The zero-order valence-corrected chi connectivity index (χ0v) is 12.5. The maximum Gasteiger partial charge on any atom is 0.170 e. The van der Waals surface area contributed by atoms with Gasteiger partial charge in [0.25, 0.3) is 0 Å². The van der Waals surface area contributed by atoms with Crippen LogP contribution in [-0.4, -0.2) is 45.5 Å². The molecule has 2 aliphatic carbocycles. The van der Waals surface area contributed by atoms with Gasteiger partial charge in [0.1, 0.15) is 11.5 Å². The number of carbonyl (C=O) groups is 1. The Bertz CT molecular complexity index is 626. The fourth-order valence-electron chi connectivity index (χ4n) is 3.94. The minimum Gasteiger partial charge on any atom is -0.508 e. The molecule has 5 atom stereocenters. The second-order valence-electron chi connectivity index (χ2n) is 6.25. The molecule has 6 heteroatoms. The van der Waals surface area contributed by atoms with Gasteiger partial charge in [0, 0.05) is 24.5 Å². The quantitative estimate of drug-likeness (QED) is 0.577. The number of aliphatic hydroxyl groups excluding tert-OH is 2. The summed E-state index contributed by atoms with van der Waals surface area (Å²) in [6.07, 6.45) is -1.99. The number of ketones is 1. The first-order valence-corrected chi connectivity index (χ1v) is 7.35. The Labute approximate surface area is 128 Å². The number of aryl methyl sites for hydroxylation is 1. The summed E-state index contributed by atoms with van der Waals surface area (Å²) in [5.74, 6) is -1.83. The summed E-state index contributed by atoms with van der Waals surface area (Å²) in [4.78, 5) is 12.8. The molecule has 5 unspecified atom stereocenters. The molecule has 0 bridgehead atoms. The highest BCUT2D eigenvalue weighted by molar-refractivity contribution is 6.04. The van der Waals surface area contributed by atoms with Crippen molar-refractivity contribution in [3.63, 3.8) is 0 Å². The summed E-state index contributed by atoms with van der Waals surface area (Å²) in [5, 5.41) is 40.7. The van der Waals surface area contributed by atoms with Gasteiger partial charge in [0.2, 0.25) is 0 Å². The molecule has 6 nitrogen and oxygen atoms in total. The Hall–Kier alpha value is -1.63. The number of Topliss-reactive ketones (excluding diaryl/α,β-unsaturated/α-hetero) is 1. The smallest absolute Gasteiger partial charge is 0.170 e. The van der Waals surface area contributed by atoms with Gasteiger partial charge >= 0.3 is 0 Å². The maximum absolute atomic E-state index is 12.8. The lowest BCUT2D eigenvalue weighted by atomic mass is 9.64. The van der Waals surface area contributed by atoms with Crippen LogP contribution in [0.15, 0.2) is 6.07 Å². The van der Waals surface area contributed by atoms with Crippen molar-refractivity contribution in [3.8, 4) is 11.5 Å². The average molecular weight is 308 g/mol. The summed E-state index contributed by atoms with van der Waals surface area (Å²) in [6.45, 7) is 1.60. The van der Waals surface area contributed by atoms with Gasteiger partial charge in [-0.05, 0) is 31.4 Å². The van der Waals surface area contributed by atoms with Crippen molar-refractivity contribution in [2.24, 2.45) is 11.8 Å². The largest absolute Gasteiger partial charge is 0.508 e. The third-order valence-electron chi connectivity index (χ3n) is 4.93. The van der Waals surface area contributed by atoms with Crippen LogP contribution >= 0.6 is 0 Å². The van der Waals surface area contributed by atoms with Gasteiger partial charge in [-0.15, -0.1) is 0 Å². The van der Waals surface area contributed by atoms with Crippen LogP contribution in [0.5, 0.6) is 11.5 Å². The number of carbonyl (C=O) groups excluding carboxylic acids is 1. The molecule has 1 aromatic rings. The van der Waals surface area contributed by atoms with E-state index in [1.54, 1.807) is 6.92 Å². The SMILES string of the molecule is COC1c2c(O)cc(C)c(O)c2C(=O)C2CC(O)CC(O)C21. The number of hydrogen-bond acceptors (Lipinski definition) is 6. The van der Waals surface area contributed by atoms with E-state index in [0.29, 0.717) is 5.56 Å². The number of aliphatic hydroxyl groups is 2. The highest BCUT2D eigenvalue weighted by atomic mass is 16.5. The van der Waals surface area contributed by atoms with Crippen LogP contribution < -0.4 is 0 Å². The Kier molecular flexibility index (Phi) is 3.63. The summed E-state index contributed by atoms with van der Waals surface area (Å²) in [5.41, 5.74) is 0.675. The molecule has 120 valence electrons. The standard InChI is InChI=1S/C16H20O6/c1-6-3-9(18)12-13(14(6)20)15(21)8-4-7(17)5-10(19)11(8)16(12)22-2/h3,7-8,10-11,16-20H,4-5H2,1-2H3. The van der Waals surface area contributed by atoms with Gasteiger partial charge < -0.3 is 25.2 Å². The molecule has 2 aliphatic rings.